The molecule has 1 rings (SSSR count). The minimum atomic E-state index is -0.508. The number of halogens is 1. The Morgan fingerprint density at radius 1 is 1.24 bits per heavy atom. The van der Waals surface area contributed by atoms with E-state index in [2.05, 4.69) is 22.6 Å². The van der Waals surface area contributed by atoms with Gasteiger partial charge in [-0.1, -0.05) is 43.4 Å². The molecule has 0 N–H and O–H groups in total. The maximum atomic E-state index is 12.0. The van der Waals surface area contributed by atoms with E-state index in [0.29, 0.717) is 11.5 Å². The van der Waals surface area contributed by atoms with Crippen molar-refractivity contribution in [3.8, 4) is 11.5 Å². The van der Waals surface area contributed by atoms with Crippen LogP contribution in [0.15, 0.2) is 24.3 Å². The van der Waals surface area contributed by atoms with Gasteiger partial charge in [0.05, 0.1) is 0 Å². The van der Waals surface area contributed by atoms with Crippen LogP contribution in [0.25, 0.3) is 0 Å². The third-order valence-corrected chi connectivity index (χ3v) is 4.36. The zero-order valence-corrected chi connectivity index (χ0v) is 15.3. The van der Waals surface area contributed by atoms with Gasteiger partial charge < -0.3 is 14.2 Å². The highest BCUT2D eigenvalue weighted by molar-refractivity contribution is 14.1. The third kappa shape index (κ3) is 5.47. The van der Waals surface area contributed by atoms with E-state index in [4.69, 9.17) is 14.2 Å². The predicted octanol–water partition coefficient (Wildman–Crippen LogP) is 4.20. The maximum Gasteiger partial charge on any atom is 0.327 e. The molecule has 0 saturated heterocycles. The van der Waals surface area contributed by atoms with E-state index in [1.807, 2.05) is 27.7 Å². The van der Waals surface area contributed by atoms with Crippen molar-refractivity contribution in [3.63, 3.8) is 0 Å². The third-order valence-electron chi connectivity index (χ3n) is 3.15. The Hall–Kier alpha value is -0.820. The topological polar surface area (TPSA) is 44.8 Å². The van der Waals surface area contributed by atoms with Gasteiger partial charge in [-0.05, 0) is 37.6 Å². The van der Waals surface area contributed by atoms with Gasteiger partial charge in [-0.25, -0.2) is 0 Å². The summed E-state index contributed by atoms with van der Waals surface area (Å²) >= 11 is 2.11. The van der Waals surface area contributed by atoms with Gasteiger partial charge in [0.15, 0.2) is 0 Å². The smallest absolute Gasteiger partial charge is 0.327 e. The van der Waals surface area contributed by atoms with Crippen molar-refractivity contribution in [3.05, 3.63) is 24.3 Å². The normalized spacial score (nSPS) is 15.4. The SMILES string of the molecule is CCC(C)(I)C(=O)Oc1ccc(OC(OC)C(C)C)cc1. The summed E-state index contributed by atoms with van der Waals surface area (Å²) in [6.45, 7) is 7.87. The van der Waals surface area contributed by atoms with Crippen LogP contribution in [0.2, 0.25) is 0 Å². The molecule has 118 valence electrons. The highest BCUT2D eigenvalue weighted by Crippen LogP contribution is 2.26. The van der Waals surface area contributed by atoms with E-state index < -0.39 is 3.42 Å². The highest BCUT2D eigenvalue weighted by atomic mass is 127. The number of benzene rings is 1. The lowest BCUT2D eigenvalue weighted by Gasteiger charge is -2.21. The van der Waals surface area contributed by atoms with E-state index in [0.717, 1.165) is 6.42 Å². The van der Waals surface area contributed by atoms with Crippen LogP contribution >= 0.6 is 22.6 Å². The summed E-state index contributed by atoms with van der Waals surface area (Å²) in [4.78, 5) is 12.0. The Labute approximate surface area is 140 Å². The minimum Gasteiger partial charge on any atom is -0.465 e. The first-order chi connectivity index (χ1) is 9.80. The van der Waals surface area contributed by atoms with Crippen molar-refractivity contribution in [1.82, 2.24) is 0 Å². The molecule has 0 heterocycles. The molecule has 0 saturated carbocycles. The second-order valence-corrected chi connectivity index (χ2v) is 7.76. The van der Waals surface area contributed by atoms with Gasteiger partial charge in [-0.3, -0.25) is 4.79 Å². The maximum absolute atomic E-state index is 12.0. The Bertz CT molecular complexity index is 454. The molecule has 0 amide bonds. The molecule has 4 nitrogen and oxygen atoms in total. The largest absolute Gasteiger partial charge is 0.465 e. The van der Waals surface area contributed by atoms with Crippen LogP contribution < -0.4 is 9.47 Å². The van der Waals surface area contributed by atoms with Crippen molar-refractivity contribution >= 4 is 28.6 Å². The molecule has 2 atom stereocenters. The average Bonchev–Trinajstić information content (AvgIpc) is 2.45. The number of hydrogen-bond acceptors (Lipinski definition) is 4. The number of carbonyl (C=O) groups is 1. The quantitative estimate of drug-likeness (QED) is 0.224. The minimum absolute atomic E-state index is 0.240. The summed E-state index contributed by atoms with van der Waals surface area (Å²) in [6.07, 6.45) is 0.424. The van der Waals surface area contributed by atoms with E-state index in [1.165, 1.54) is 0 Å². The number of methoxy groups -OCH3 is 1. The van der Waals surface area contributed by atoms with Crippen LogP contribution in [0.5, 0.6) is 11.5 Å². The van der Waals surface area contributed by atoms with Gasteiger partial charge in [0, 0.05) is 13.0 Å². The summed E-state index contributed by atoms with van der Waals surface area (Å²) in [5.41, 5.74) is 0. The van der Waals surface area contributed by atoms with Crippen LogP contribution in [0.3, 0.4) is 0 Å². The number of alkyl halides is 1. The number of ether oxygens (including phenoxy) is 3. The van der Waals surface area contributed by atoms with E-state index in [1.54, 1.807) is 31.4 Å². The first kappa shape index (κ1) is 18.2. The second kappa shape index (κ2) is 7.98. The molecule has 5 heteroatoms. The Morgan fingerprint density at radius 3 is 2.19 bits per heavy atom. The van der Waals surface area contributed by atoms with E-state index in [-0.39, 0.29) is 18.2 Å². The number of rotatable bonds is 7. The fourth-order valence-corrected chi connectivity index (χ4v) is 1.64. The summed E-state index contributed by atoms with van der Waals surface area (Å²) in [6, 6.07) is 6.99. The molecule has 0 aliphatic carbocycles. The standard InChI is InChI=1S/C16H23IO4/c1-6-16(4,17)15(18)21-13-9-7-12(8-10-13)20-14(19-5)11(2)3/h7-11,14H,6H2,1-5H3. The van der Waals surface area contributed by atoms with Crippen LogP contribution in [-0.4, -0.2) is 22.8 Å². The van der Waals surface area contributed by atoms with Crippen molar-refractivity contribution in [2.45, 2.75) is 43.8 Å². The average molecular weight is 406 g/mol. The van der Waals surface area contributed by atoms with Crippen molar-refractivity contribution in [2.75, 3.05) is 7.11 Å². The van der Waals surface area contributed by atoms with Gasteiger partial charge in [-0.2, -0.15) is 0 Å². The molecule has 0 aliphatic rings. The molecule has 2 unspecified atom stereocenters. The lowest BCUT2D eigenvalue weighted by Crippen LogP contribution is -2.31. The summed E-state index contributed by atoms with van der Waals surface area (Å²) < 4.78 is 15.8. The monoisotopic (exact) mass is 406 g/mol. The van der Waals surface area contributed by atoms with Crippen LogP contribution in [0.1, 0.15) is 34.1 Å². The molecule has 0 radical (unpaired) electrons. The molecule has 1 aromatic carbocycles. The summed E-state index contributed by atoms with van der Waals surface area (Å²) in [7, 11) is 1.62. The fraction of sp³-hybridized carbons (Fsp3) is 0.562. The summed E-state index contributed by atoms with van der Waals surface area (Å²) in [5.74, 6) is 1.21. The van der Waals surface area contributed by atoms with Gasteiger partial charge in [0.1, 0.15) is 14.9 Å². The lowest BCUT2D eigenvalue weighted by atomic mass is 10.1. The first-order valence-corrected chi connectivity index (χ1v) is 8.08. The molecule has 0 bridgehead atoms. The van der Waals surface area contributed by atoms with Crippen LogP contribution in [0.4, 0.5) is 0 Å². The molecular weight excluding hydrogens is 383 g/mol. The zero-order chi connectivity index (χ0) is 16.0. The first-order valence-electron chi connectivity index (χ1n) is 7.01. The van der Waals surface area contributed by atoms with Gasteiger partial charge in [0.2, 0.25) is 6.29 Å². The second-order valence-electron chi connectivity index (χ2n) is 5.38. The number of carbonyl (C=O) groups excluding carboxylic acids is 1. The van der Waals surface area contributed by atoms with Crippen molar-refractivity contribution in [2.24, 2.45) is 5.92 Å². The molecule has 0 aliphatic heterocycles. The van der Waals surface area contributed by atoms with Crippen LogP contribution in [-0.2, 0) is 9.53 Å². The number of esters is 1. The molecule has 0 spiro atoms. The van der Waals surface area contributed by atoms with Crippen molar-refractivity contribution < 1.29 is 19.0 Å². The van der Waals surface area contributed by atoms with Crippen LogP contribution in [0, 0.1) is 5.92 Å². The fourth-order valence-electron chi connectivity index (χ4n) is 1.53. The zero-order valence-electron chi connectivity index (χ0n) is 13.2. The molecular formula is C16H23IO4. The van der Waals surface area contributed by atoms with Gasteiger partial charge in [-0.15, -0.1) is 0 Å². The number of hydrogen-bond donors (Lipinski definition) is 0. The predicted molar refractivity (Wildman–Crippen MR) is 91.1 cm³/mol. The van der Waals surface area contributed by atoms with E-state index in [9.17, 15) is 4.79 Å². The van der Waals surface area contributed by atoms with E-state index >= 15 is 0 Å². The summed E-state index contributed by atoms with van der Waals surface area (Å²) in [5, 5.41) is 0. The highest BCUT2D eigenvalue weighted by Gasteiger charge is 2.29. The Kier molecular flexibility index (Phi) is 6.93. The molecule has 0 fully saturated rings. The Morgan fingerprint density at radius 2 is 1.76 bits per heavy atom. The molecule has 21 heavy (non-hydrogen) atoms. The van der Waals surface area contributed by atoms with Crippen molar-refractivity contribution in [1.29, 1.82) is 0 Å². The van der Waals surface area contributed by atoms with Gasteiger partial charge in [0.25, 0.3) is 0 Å². The Balaban J connectivity index is 2.68. The lowest BCUT2D eigenvalue weighted by molar-refractivity contribution is -0.136. The van der Waals surface area contributed by atoms with Gasteiger partial charge >= 0.3 is 5.97 Å². The molecule has 0 aromatic heterocycles. The molecule has 1 aromatic rings.